The van der Waals surface area contributed by atoms with E-state index in [0.29, 0.717) is 13.2 Å². The Kier molecular flexibility index (Phi) is 3.08. The zero-order valence-electron chi connectivity index (χ0n) is 9.95. The quantitative estimate of drug-likeness (QED) is 0.896. The van der Waals surface area contributed by atoms with Gasteiger partial charge in [-0.1, -0.05) is 29.8 Å². The number of hydrogen-bond donors (Lipinski definition) is 1. The molecule has 2 aromatic rings. The Bertz CT molecular complexity index is 586. The maximum Gasteiger partial charge on any atom is 0.0725 e. The molecule has 2 aromatic carbocycles. The smallest absolute Gasteiger partial charge is 0.0725 e. The molecule has 1 aliphatic heterocycles. The molecule has 0 saturated carbocycles. The van der Waals surface area contributed by atoms with Crippen LogP contribution < -0.4 is 5.73 Å². The van der Waals surface area contributed by atoms with Crippen molar-refractivity contribution in [2.75, 3.05) is 0 Å². The van der Waals surface area contributed by atoms with Crippen molar-refractivity contribution >= 4 is 11.6 Å². The van der Waals surface area contributed by atoms with E-state index < -0.39 is 0 Å². The number of hydrogen-bond acceptors (Lipinski definition) is 2. The number of ether oxygens (including phenoxy) is 1. The van der Waals surface area contributed by atoms with Crippen molar-refractivity contribution in [1.82, 2.24) is 0 Å². The van der Waals surface area contributed by atoms with E-state index in [1.165, 1.54) is 16.7 Å². The third-order valence-electron chi connectivity index (χ3n) is 3.32. The van der Waals surface area contributed by atoms with E-state index in [-0.39, 0.29) is 0 Å². The van der Waals surface area contributed by atoms with E-state index in [1.807, 2.05) is 12.1 Å². The second-order valence-electron chi connectivity index (χ2n) is 4.49. The molecule has 0 spiro atoms. The molecule has 0 radical (unpaired) electrons. The van der Waals surface area contributed by atoms with Gasteiger partial charge in [0.1, 0.15) is 0 Å². The van der Waals surface area contributed by atoms with Gasteiger partial charge < -0.3 is 10.5 Å². The van der Waals surface area contributed by atoms with Crippen LogP contribution in [0.25, 0.3) is 11.1 Å². The number of benzene rings is 2. The van der Waals surface area contributed by atoms with Crippen LogP contribution in [-0.4, -0.2) is 0 Å². The van der Waals surface area contributed by atoms with Crippen LogP contribution in [0.3, 0.4) is 0 Å². The SMILES string of the molecule is NCc1cc(-c2ccc3c(c2)COC3)ccc1Cl. The minimum Gasteiger partial charge on any atom is -0.372 e. The summed E-state index contributed by atoms with van der Waals surface area (Å²) in [5.41, 5.74) is 11.6. The molecule has 0 fully saturated rings. The van der Waals surface area contributed by atoms with Crippen LogP contribution in [-0.2, 0) is 24.5 Å². The highest BCUT2D eigenvalue weighted by Gasteiger charge is 2.12. The van der Waals surface area contributed by atoms with Gasteiger partial charge in [0.05, 0.1) is 13.2 Å². The second kappa shape index (κ2) is 4.73. The summed E-state index contributed by atoms with van der Waals surface area (Å²) in [5.74, 6) is 0. The van der Waals surface area contributed by atoms with Crippen molar-refractivity contribution in [2.45, 2.75) is 19.8 Å². The van der Waals surface area contributed by atoms with Gasteiger partial charge in [-0.15, -0.1) is 0 Å². The number of rotatable bonds is 2. The molecule has 0 aromatic heterocycles. The first-order chi connectivity index (χ1) is 8.78. The highest BCUT2D eigenvalue weighted by Crippen LogP contribution is 2.29. The monoisotopic (exact) mass is 259 g/mol. The lowest BCUT2D eigenvalue weighted by Crippen LogP contribution is -1.97. The van der Waals surface area contributed by atoms with E-state index in [2.05, 4.69) is 24.3 Å². The molecule has 2 N–H and O–H groups in total. The molecule has 2 nitrogen and oxygen atoms in total. The summed E-state index contributed by atoms with van der Waals surface area (Å²) in [6.45, 7) is 1.89. The number of fused-ring (bicyclic) bond motifs is 1. The molecule has 0 bridgehead atoms. The molecule has 18 heavy (non-hydrogen) atoms. The Hall–Kier alpha value is -1.35. The number of nitrogens with two attached hydrogens (primary N) is 1. The van der Waals surface area contributed by atoms with Crippen LogP contribution >= 0.6 is 11.6 Å². The highest BCUT2D eigenvalue weighted by molar-refractivity contribution is 6.31. The molecular formula is C15H14ClNO. The molecule has 1 aliphatic rings. The molecular weight excluding hydrogens is 246 g/mol. The molecule has 0 saturated heterocycles. The fourth-order valence-corrected chi connectivity index (χ4v) is 2.46. The van der Waals surface area contributed by atoms with E-state index in [9.17, 15) is 0 Å². The highest BCUT2D eigenvalue weighted by atomic mass is 35.5. The zero-order chi connectivity index (χ0) is 12.5. The molecule has 1 heterocycles. The van der Waals surface area contributed by atoms with Crippen molar-refractivity contribution in [3.8, 4) is 11.1 Å². The van der Waals surface area contributed by atoms with E-state index in [1.54, 1.807) is 0 Å². The van der Waals surface area contributed by atoms with Crippen molar-refractivity contribution in [3.63, 3.8) is 0 Å². The molecule has 3 heteroatoms. The van der Waals surface area contributed by atoms with Crippen LogP contribution in [0.2, 0.25) is 5.02 Å². The van der Waals surface area contributed by atoms with Crippen LogP contribution in [0.5, 0.6) is 0 Å². The largest absolute Gasteiger partial charge is 0.372 e. The predicted octanol–water partition coefficient (Wildman–Crippen LogP) is 3.50. The van der Waals surface area contributed by atoms with Crippen molar-refractivity contribution in [2.24, 2.45) is 5.73 Å². The Balaban J connectivity index is 2.04. The predicted molar refractivity (Wildman–Crippen MR) is 73.3 cm³/mol. The van der Waals surface area contributed by atoms with Crippen molar-refractivity contribution in [1.29, 1.82) is 0 Å². The van der Waals surface area contributed by atoms with Gasteiger partial charge in [0.25, 0.3) is 0 Å². The molecule has 0 aliphatic carbocycles. The second-order valence-corrected chi connectivity index (χ2v) is 4.89. The lowest BCUT2D eigenvalue weighted by Gasteiger charge is -2.07. The molecule has 0 unspecified atom stereocenters. The van der Waals surface area contributed by atoms with Gasteiger partial charge in [-0.05, 0) is 46.0 Å². The van der Waals surface area contributed by atoms with Gasteiger partial charge in [-0.2, -0.15) is 0 Å². The van der Waals surface area contributed by atoms with E-state index in [0.717, 1.165) is 22.8 Å². The van der Waals surface area contributed by atoms with Crippen LogP contribution in [0.15, 0.2) is 36.4 Å². The van der Waals surface area contributed by atoms with Crippen molar-refractivity contribution in [3.05, 3.63) is 58.1 Å². The number of halogens is 1. The third kappa shape index (κ3) is 2.03. The van der Waals surface area contributed by atoms with Crippen LogP contribution in [0.4, 0.5) is 0 Å². The summed E-state index contributed by atoms with van der Waals surface area (Å²) < 4.78 is 5.43. The van der Waals surface area contributed by atoms with E-state index >= 15 is 0 Å². The lowest BCUT2D eigenvalue weighted by molar-refractivity contribution is 0.134. The topological polar surface area (TPSA) is 35.2 Å². The first kappa shape index (κ1) is 11.7. The summed E-state index contributed by atoms with van der Waals surface area (Å²) in [6, 6.07) is 12.4. The molecule has 0 atom stereocenters. The van der Waals surface area contributed by atoms with Crippen LogP contribution in [0.1, 0.15) is 16.7 Å². The van der Waals surface area contributed by atoms with Gasteiger partial charge in [-0.25, -0.2) is 0 Å². The third-order valence-corrected chi connectivity index (χ3v) is 3.69. The van der Waals surface area contributed by atoms with Gasteiger partial charge in [-0.3, -0.25) is 0 Å². The summed E-state index contributed by atoms with van der Waals surface area (Å²) in [5, 5.41) is 0.728. The average molecular weight is 260 g/mol. The minimum absolute atomic E-state index is 0.459. The van der Waals surface area contributed by atoms with Crippen LogP contribution in [0, 0.1) is 0 Å². The Morgan fingerprint density at radius 3 is 2.56 bits per heavy atom. The molecule has 92 valence electrons. The van der Waals surface area contributed by atoms with Gasteiger partial charge in [0.2, 0.25) is 0 Å². The van der Waals surface area contributed by atoms with Crippen molar-refractivity contribution < 1.29 is 4.74 Å². The fourth-order valence-electron chi connectivity index (χ4n) is 2.26. The minimum atomic E-state index is 0.459. The van der Waals surface area contributed by atoms with Gasteiger partial charge >= 0.3 is 0 Å². The summed E-state index contributed by atoms with van der Waals surface area (Å²) >= 11 is 6.08. The maximum absolute atomic E-state index is 6.08. The van der Waals surface area contributed by atoms with Gasteiger partial charge in [0.15, 0.2) is 0 Å². The standard InChI is InChI=1S/C15H14ClNO/c16-15-4-3-11(5-13(15)7-17)10-1-2-12-8-18-9-14(12)6-10/h1-6H,7-9,17H2. The van der Waals surface area contributed by atoms with E-state index in [4.69, 9.17) is 22.1 Å². The molecule has 3 rings (SSSR count). The first-order valence-corrected chi connectivity index (χ1v) is 6.34. The Morgan fingerprint density at radius 1 is 1.00 bits per heavy atom. The Labute approximate surface area is 111 Å². The normalized spacial score (nSPS) is 13.7. The molecule has 0 amide bonds. The van der Waals surface area contributed by atoms with Gasteiger partial charge in [0, 0.05) is 11.6 Å². The fraction of sp³-hybridized carbons (Fsp3) is 0.200. The summed E-state index contributed by atoms with van der Waals surface area (Å²) in [6.07, 6.45) is 0. The maximum atomic E-state index is 6.08. The summed E-state index contributed by atoms with van der Waals surface area (Å²) in [4.78, 5) is 0. The lowest BCUT2D eigenvalue weighted by atomic mass is 9.99. The first-order valence-electron chi connectivity index (χ1n) is 5.96. The average Bonchev–Trinajstić information content (AvgIpc) is 2.86. The zero-order valence-corrected chi connectivity index (χ0v) is 10.7. The Morgan fingerprint density at radius 2 is 1.72 bits per heavy atom. The summed E-state index contributed by atoms with van der Waals surface area (Å²) in [7, 11) is 0.